The summed E-state index contributed by atoms with van der Waals surface area (Å²) in [6, 6.07) is 0. The van der Waals surface area contributed by atoms with Crippen LogP contribution in [-0.4, -0.2) is 9.97 Å². The summed E-state index contributed by atoms with van der Waals surface area (Å²) in [5.41, 5.74) is 0.158. The predicted octanol–water partition coefficient (Wildman–Crippen LogP) is 2.68. The highest BCUT2D eigenvalue weighted by molar-refractivity contribution is 5.30. The van der Waals surface area contributed by atoms with Crippen LogP contribution in [0.2, 0.25) is 0 Å². The molecule has 1 aromatic rings. The molecule has 1 aliphatic carbocycles. The van der Waals surface area contributed by atoms with Gasteiger partial charge < -0.3 is 0 Å². The minimum Gasteiger partial charge on any atom is -0.238 e. The van der Waals surface area contributed by atoms with Crippen molar-refractivity contribution < 1.29 is 13.2 Å². The molecule has 0 atom stereocenters. The standard InChI is InChI=1S/C10H11F3N2/c1-6-14-8-5-3-2-4-7(8)9(15-6)10(11,12)13/h2-5H2,1H3. The van der Waals surface area contributed by atoms with E-state index in [1.54, 1.807) is 0 Å². The molecular formula is C10H11F3N2. The second kappa shape index (κ2) is 3.47. The van der Waals surface area contributed by atoms with Crippen LogP contribution in [0.4, 0.5) is 13.2 Å². The summed E-state index contributed by atoms with van der Waals surface area (Å²) in [6.07, 6.45) is -1.55. The third-order valence-electron chi connectivity index (χ3n) is 2.56. The first-order chi connectivity index (χ1) is 6.98. The summed E-state index contributed by atoms with van der Waals surface area (Å²) in [5.74, 6) is 0.211. The minimum atomic E-state index is -4.35. The minimum absolute atomic E-state index is 0.211. The van der Waals surface area contributed by atoms with Gasteiger partial charge in [-0.3, -0.25) is 0 Å². The smallest absolute Gasteiger partial charge is 0.238 e. The molecule has 0 aromatic carbocycles. The lowest BCUT2D eigenvalue weighted by atomic mass is 9.94. The van der Waals surface area contributed by atoms with Gasteiger partial charge in [0.05, 0.1) is 0 Å². The number of nitrogens with zero attached hydrogens (tertiary/aromatic N) is 2. The van der Waals surface area contributed by atoms with Crippen molar-refractivity contribution in [1.82, 2.24) is 9.97 Å². The highest BCUT2D eigenvalue weighted by atomic mass is 19.4. The zero-order valence-electron chi connectivity index (χ0n) is 8.36. The molecule has 0 unspecified atom stereocenters. The van der Waals surface area contributed by atoms with Crippen LogP contribution in [0.5, 0.6) is 0 Å². The maximum Gasteiger partial charge on any atom is 0.433 e. The summed E-state index contributed by atoms with van der Waals surface area (Å²) in [7, 11) is 0. The van der Waals surface area contributed by atoms with Crippen LogP contribution in [0, 0.1) is 6.92 Å². The Balaban J connectivity index is 2.58. The summed E-state index contributed by atoms with van der Waals surface area (Å²) < 4.78 is 38.0. The Morgan fingerprint density at radius 1 is 1.07 bits per heavy atom. The molecule has 1 heterocycles. The molecule has 0 bridgehead atoms. The molecule has 0 N–H and O–H groups in total. The van der Waals surface area contributed by atoms with Crippen LogP contribution in [0.25, 0.3) is 0 Å². The molecule has 2 nitrogen and oxygen atoms in total. The average Bonchev–Trinajstić information content (AvgIpc) is 2.15. The first-order valence-electron chi connectivity index (χ1n) is 4.92. The van der Waals surface area contributed by atoms with Crippen molar-refractivity contribution in [1.29, 1.82) is 0 Å². The van der Waals surface area contributed by atoms with E-state index in [0.29, 0.717) is 24.1 Å². The summed E-state index contributed by atoms with van der Waals surface area (Å²) in [4.78, 5) is 7.60. The fraction of sp³-hybridized carbons (Fsp3) is 0.600. The second-order valence-electron chi connectivity index (χ2n) is 3.75. The third kappa shape index (κ3) is 1.96. The lowest BCUT2D eigenvalue weighted by Crippen LogP contribution is -2.19. The van der Waals surface area contributed by atoms with Gasteiger partial charge in [-0.2, -0.15) is 13.2 Å². The predicted molar refractivity (Wildman–Crippen MR) is 48.4 cm³/mol. The normalized spacial score (nSPS) is 16.3. The molecule has 1 aromatic heterocycles. The molecule has 0 aliphatic heterocycles. The Kier molecular flexibility index (Phi) is 2.40. The lowest BCUT2D eigenvalue weighted by Gasteiger charge is -2.19. The van der Waals surface area contributed by atoms with E-state index < -0.39 is 11.9 Å². The first-order valence-corrected chi connectivity index (χ1v) is 4.92. The van der Waals surface area contributed by atoms with Gasteiger partial charge in [-0.25, -0.2) is 9.97 Å². The van der Waals surface area contributed by atoms with Gasteiger partial charge in [0, 0.05) is 11.3 Å². The van der Waals surface area contributed by atoms with E-state index in [9.17, 15) is 13.2 Å². The van der Waals surface area contributed by atoms with E-state index in [4.69, 9.17) is 0 Å². The lowest BCUT2D eigenvalue weighted by molar-refractivity contribution is -0.142. The van der Waals surface area contributed by atoms with Crippen molar-refractivity contribution in [2.75, 3.05) is 0 Å². The van der Waals surface area contributed by atoms with E-state index in [2.05, 4.69) is 9.97 Å². The van der Waals surface area contributed by atoms with Crippen LogP contribution in [-0.2, 0) is 19.0 Å². The molecule has 0 radical (unpaired) electrons. The van der Waals surface area contributed by atoms with Crippen LogP contribution in [0.3, 0.4) is 0 Å². The quantitative estimate of drug-likeness (QED) is 0.666. The number of alkyl halides is 3. The van der Waals surface area contributed by atoms with Gasteiger partial charge >= 0.3 is 6.18 Å². The monoisotopic (exact) mass is 216 g/mol. The SMILES string of the molecule is Cc1nc2c(c(C(F)(F)F)n1)CCCC2. The molecule has 0 spiro atoms. The van der Waals surface area contributed by atoms with Crippen molar-refractivity contribution >= 4 is 0 Å². The van der Waals surface area contributed by atoms with Crippen molar-refractivity contribution in [2.24, 2.45) is 0 Å². The molecule has 0 amide bonds. The highest BCUT2D eigenvalue weighted by Gasteiger charge is 2.37. The zero-order chi connectivity index (χ0) is 11.1. The Morgan fingerprint density at radius 2 is 1.73 bits per heavy atom. The average molecular weight is 216 g/mol. The molecule has 0 saturated heterocycles. The van der Waals surface area contributed by atoms with Gasteiger partial charge in [0.1, 0.15) is 5.82 Å². The number of aromatic nitrogens is 2. The maximum absolute atomic E-state index is 12.7. The van der Waals surface area contributed by atoms with Crippen molar-refractivity contribution in [3.05, 3.63) is 22.8 Å². The molecule has 82 valence electrons. The molecule has 0 fully saturated rings. The number of rotatable bonds is 0. The van der Waals surface area contributed by atoms with Crippen molar-refractivity contribution in [3.8, 4) is 0 Å². The number of fused-ring (bicyclic) bond motifs is 1. The van der Waals surface area contributed by atoms with Gasteiger partial charge in [0.15, 0.2) is 5.69 Å². The summed E-state index contributed by atoms with van der Waals surface area (Å²) in [6.45, 7) is 1.50. The van der Waals surface area contributed by atoms with E-state index in [1.165, 1.54) is 6.92 Å². The summed E-state index contributed by atoms with van der Waals surface area (Å²) in [5, 5.41) is 0. The van der Waals surface area contributed by atoms with Gasteiger partial charge in [0.2, 0.25) is 0 Å². The fourth-order valence-electron chi connectivity index (χ4n) is 1.95. The summed E-state index contributed by atoms with van der Waals surface area (Å²) >= 11 is 0. The number of halogens is 3. The topological polar surface area (TPSA) is 25.8 Å². The molecule has 0 saturated carbocycles. The van der Waals surface area contributed by atoms with Crippen LogP contribution < -0.4 is 0 Å². The van der Waals surface area contributed by atoms with E-state index in [1.807, 2.05) is 0 Å². The Labute approximate surface area is 85.6 Å². The van der Waals surface area contributed by atoms with Gasteiger partial charge in [-0.1, -0.05) is 0 Å². The number of hydrogen-bond donors (Lipinski definition) is 0. The zero-order valence-corrected chi connectivity index (χ0v) is 8.36. The van der Waals surface area contributed by atoms with Gasteiger partial charge in [0.25, 0.3) is 0 Å². The molecule has 2 rings (SSSR count). The molecule has 15 heavy (non-hydrogen) atoms. The first kappa shape index (κ1) is 10.4. The Bertz CT molecular complexity index is 385. The molecular weight excluding hydrogens is 205 g/mol. The van der Waals surface area contributed by atoms with Gasteiger partial charge in [-0.15, -0.1) is 0 Å². The maximum atomic E-state index is 12.7. The van der Waals surface area contributed by atoms with Crippen molar-refractivity contribution in [2.45, 2.75) is 38.8 Å². The van der Waals surface area contributed by atoms with Crippen LogP contribution in [0.1, 0.15) is 35.6 Å². The fourth-order valence-corrected chi connectivity index (χ4v) is 1.95. The third-order valence-corrected chi connectivity index (χ3v) is 2.56. The van der Waals surface area contributed by atoms with Crippen molar-refractivity contribution in [3.63, 3.8) is 0 Å². The van der Waals surface area contributed by atoms with Crippen LogP contribution >= 0.6 is 0 Å². The number of hydrogen-bond acceptors (Lipinski definition) is 2. The molecule has 5 heteroatoms. The van der Waals surface area contributed by atoms with E-state index in [-0.39, 0.29) is 5.82 Å². The Hall–Kier alpha value is -1.13. The largest absolute Gasteiger partial charge is 0.433 e. The highest BCUT2D eigenvalue weighted by Crippen LogP contribution is 2.34. The number of aryl methyl sites for hydroxylation is 2. The van der Waals surface area contributed by atoms with Gasteiger partial charge in [-0.05, 0) is 32.6 Å². The Morgan fingerprint density at radius 3 is 2.40 bits per heavy atom. The van der Waals surface area contributed by atoms with E-state index >= 15 is 0 Å². The second-order valence-corrected chi connectivity index (χ2v) is 3.75. The van der Waals surface area contributed by atoms with E-state index in [0.717, 1.165) is 12.8 Å². The van der Waals surface area contributed by atoms with Crippen LogP contribution in [0.15, 0.2) is 0 Å². The molecule has 1 aliphatic rings.